The van der Waals surface area contributed by atoms with Crippen LogP contribution < -0.4 is 0 Å². The van der Waals surface area contributed by atoms with E-state index in [0.29, 0.717) is 0 Å². The van der Waals surface area contributed by atoms with Crippen molar-refractivity contribution in [2.75, 3.05) is 0 Å². The summed E-state index contributed by atoms with van der Waals surface area (Å²) in [7, 11) is 0. The van der Waals surface area contributed by atoms with Gasteiger partial charge in [-0.25, -0.2) is 19.9 Å². The third kappa shape index (κ3) is 29.6. The summed E-state index contributed by atoms with van der Waals surface area (Å²) in [5.74, 6) is 0. The van der Waals surface area contributed by atoms with Crippen molar-refractivity contribution in [1.29, 1.82) is 0 Å². The molecule has 0 radical (unpaired) electrons. The molecule has 16 heteroatoms. The van der Waals surface area contributed by atoms with Crippen molar-refractivity contribution in [3.63, 3.8) is 0 Å². The van der Waals surface area contributed by atoms with Crippen molar-refractivity contribution in [3.8, 4) is 0 Å². The number of benzene rings is 2. The first kappa shape index (κ1) is 90.5. The minimum Gasteiger partial charge on any atom is -0.264 e. The van der Waals surface area contributed by atoms with Gasteiger partial charge in [-0.05, 0) is 172 Å². The van der Waals surface area contributed by atoms with Gasteiger partial charge in [-0.15, -0.1) is 0 Å². The van der Waals surface area contributed by atoms with Gasteiger partial charge in [0.2, 0.25) is 0 Å². The molecule has 16 rings (SSSR count). The summed E-state index contributed by atoms with van der Waals surface area (Å²) in [6.45, 7) is 48.4. The first-order chi connectivity index (χ1) is 51.0. The fourth-order valence-electron chi connectivity index (χ4n) is 9.14. The van der Waals surface area contributed by atoms with Crippen LogP contribution in [-0.4, -0.2) is 79.7 Å². The monoisotopic (exact) mass is 1390 g/mol. The van der Waals surface area contributed by atoms with Gasteiger partial charge in [0.1, 0.15) is 6.33 Å². The molecule has 544 valence electrons. The number of aryl methyl sites for hydroxylation is 8. The minimum atomic E-state index is 0.826. The molecule has 0 saturated heterocycles. The number of aromatic nitrogens is 16. The molecule has 0 N–H and O–H groups in total. The van der Waals surface area contributed by atoms with Crippen LogP contribution in [0.25, 0.3) is 87.2 Å². The Hall–Kier alpha value is -11.5. The predicted molar refractivity (Wildman–Crippen MR) is 445 cm³/mol. The molecule has 16 nitrogen and oxygen atoms in total. The van der Waals surface area contributed by atoms with Crippen molar-refractivity contribution < 1.29 is 0 Å². The van der Waals surface area contributed by atoms with E-state index < -0.39 is 0 Å². The zero-order chi connectivity index (χ0) is 77.5. The second kappa shape index (κ2) is 55.2. The summed E-state index contributed by atoms with van der Waals surface area (Å²) in [4.78, 5) is 65.6. The fourth-order valence-corrected chi connectivity index (χ4v) is 9.14. The van der Waals surface area contributed by atoms with Crippen LogP contribution in [0.5, 0.6) is 0 Å². The highest BCUT2D eigenvalue weighted by molar-refractivity contribution is 5.86. The van der Waals surface area contributed by atoms with Crippen LogP contribution in [0, 0.1) is 55.4 Å². The number of para-hydroxylation sites is 2. The standard InChI is InChI=1S/8C9H8N2.8C2H6/c1-7-2-5-11-9-3-4-10-6-8(7)9;1-7-2-5-11-9-6-10-4-3-8(7)9;1-7-4-11-6-8-5-10-3-2-9(7)8;1-7-4-11-5-8-2-3-10-6-9(7)8;1-7-4-6-11-9-8(7)3-2-5-10-9;1-7-5-10-6-9-8(7)3-2-4-11-9;1-7-3-2-4-8-5-10-6-11-9(7)8;1-7-3-2-4-8-9(7)11-6-5-10-8;8*1-2/h8*2-6H,1H3;8*1-2H3. The average Bonchev–Trinajstić information content (AvgIpc) is 0.963. The van der Waals surface area contributed by atoms with Crippen molar-refractivity contribution in [2.24, 2.45) is 0 Å². The van der Waals surface area contributed by atoms with E-state index in [2.05, 4.69) is 126 Å². The Balaban J connectivity index is 0.000000578. The Bertz CT molecular complexity index is 3950. The Morgan fingerprint density at radius 1 is 0.183 bits per heavy atom. The first-order valence-corrected chi connectivity index (χ1v) is 36.2. The van der Waals surface area contributed by atoms with E-state index in [1.54, 1.807) is 80.7 Å². The van der Waals surface area contributed by atoms with Crippen LogP contribution in [-0.2, 0) is 0 Å². The molecule has 0 spiro atoms. The quantitative estimate of drug-likeness (QED) is 0.138. The van der Waals surface area contributed by atoms with E-state index in [-0.39, 0.29) is 0 Å². The maximum atomic E-state index is 4.22. The second-order valence-corrected chi connectivity index (χ2v) is 20.2. The smallest absolute Gasteiger partial charge is 0.159 e. The van der Waals surface area contributed by atoms with Crippen molar-refractivity contribution in [2.45, 2.75) is 166 Å². The molecule has 16 aromatic rings. The van der Waals surface area contributed by atoms with Gasteiger partial charge in [-0.3, -0.25) is 59.8 Å². The Morgan fingerprint density at radius 2 is 0.596 bits per heavy atom. The molecule has 0 atom stereocenters. The van der Waals surface area contributed by atoms with Crippen molar-refractivity contribution in [1.82, 2.24) is 79.7 Å². The lowest BCUT2D eigenvalue weighted by Crippen LogP contribution is -1.83. The Labute approximate surface area is 620 Å². The zero-order valence-corrected chi connectivity index (χ0v) is 66.2. The molecule has 14 heterocycles. The number of hydrogen-bond donors (Lipinski definition) is 0. The molecule has 0 unspecified atom stereocenters. The van der Waals surface area contributed by atoms with Crippen LogP contribution in [0.2, 0.25) is 0 Å². The third-order valence-electron chi connectivity index (χ3n) is 13.9. The zero-order valence-electron chi connectivity index (χ0n) is 66.2. The highest BCUT2D eigenvalue weighted by Crippen LogP contribution is 2.19. The third-order valence-corrected chi connectivity index (χ3v) is 13.9. The van der Waals surface area contributed by atoms with Gasteiger partial charge in [-0.1, -0.05) is 147 Å². The highest BCUT2D eigenvalue weighted by atomic mass is 14.8. The average molecular weight is 1390 g/mol. The van der Waals surface area contributed by atoms with E-state index >= 15 is 0 Å². The van der Waals surface area contributed by atoms with Gasteiger partial charge >= 0.3 is 0 Å². The highest BCUT2D eigenvalue weighted by Gasteiger charge is 2.01. The van der Waals surface area contributed by atoms with E-state index in [9.17, 15) is 0 Å². The van der Waals surface area contributed by atoms with Crippen LogP contribution in [0.1, 0.15) is 155 Å². The van der Waals surface area contributed by atoms with Gasteiger partial charge in [0.05, 0.1) is 45.5 Å². The first-order valence-electron chi connectivity index (χ1n) is 36.2. The summed E-state index contributed by atoms with van der Waals surface area (Å²) < 4.78 is 0. The maximum Gasteiger partial charge on any atom is 0.159 e. The Kier molecular flexibility index (Phi) is 48.0. The lowest BCUT2D eigenvalue weighted by Gasteiger charge is -1.97. The van der Waals surface area contributed by atoms with Gasteiger partial charge in [-0.2, -0.15) is 0 Å². The van der Waals surface area contributed by atoms with Gasteiger partial charge in [0, 0.05) is 167 Å². The van der Waals surface area contributed by atoms with E-state index in [1.807, 2.05) is 285 Å². The van der Waals surface area contributed by atoms with Gasteiger partial charge in [0.25, 0.3) is 0 Å². The maximum absolute atomic E-state index is 4.22. The molecule has 0 aliphatic rings. The predicted octanol–water partition coefficient (Wildman–Crippen LogP) is 23.7. The molecule has 14 aromatic heterocycles. The van der Waals surface area contributed by atoms with E-state index in [4.69, 9.17) is 0 Å². The molecule has 0 bridgehead atoms. The number of nitrogens with zero attached hydrogens (tertiary/aromatic N) is 16. The van der Waals surface area contributed by atoms with Crippen molar-refractivity contribution in [3.05, 3.63) is 290 Å². The summed E-state index contributed by atoms with van der Waals surface area (Å²) in [6, 6.07) is 33.9. The topological polar surface area (TPSA) is 206 Å². The lowest BCUT2D eigenvalue weighted by molar-refractivity contribution is 1.21. The van der Waals surface area contributed by atoms with E-state index in [0.717, 1.165) is 65.7 Å². The molecule has 104 heavy (non-hydrogen) atoms. The van der Waals surface area contributed by atoms with Crippen LogP contribution in [0.3, 0.4) is 0 Å². The Morgan fingerprint density at radius 3 is 1.18 bits per heavy atom. The number of fused-ring (bicyclic) bond motifs is 8. The number of rotatable bonds is 0. The summed E-state index contributed by atoms with van der Waals surface area (Å²) in [5.41, 5.74) is 16.4. The largest absolute Gasteiger partial charge is 0.264 e. The van der Waals surface area contributed by atoms with E-state index in [1.165, 1.54) is 66.1 Å². The van der Waals surface area contributed by atoms with Crippen LogP contribution >= 0.6 is 0 Å². The van der Waals surface area contributed by atoms with Gasteiger partial charge in [0.15, 0.2) is 5.65 Å². The van der Waals surface area contributed by atoms with Crippen molar-refractivity contribution >= 4 is 87.2 Å². The summed E-state index contributed by atoms with van der Waals surface area (Å²) in [5, 5.41) is 10.4. The molecule has 0 saturated carbocycles. The van der Waals surface area contributed by atoms with Crippen LogP contribution in [0.4, 0.5) is 0 Å². The number of hydrogen-bond acceptors (Lipinski definition) is 16. The summed E-state index contributed by atoms with van der Waals surface area (Å²) >= 11 is 0. The van der Waals surface area contributed by atoms with Crippen LogP contribution in [0.15, 0.2) is 246 Å². The molecule has 0 aliphatic heterocycles. The molecule has 0 aliphatic carbocycles. The normalized spacial score (nSPS) is 9.15. The molecule has 0 fully saturated rings. The fraction of sp³-hybridized carbons (Fsp3) is 0.273. The SMILES string of the molecule is CC.CC.CC.CC.CC.CC.CC.CC.Cc1cccc2cncnc12.Cc1cccc2nccnc12.Cc1ccnc2ccncc12.Cc1ccnc2cnccc12.Cc1ccnc2ncccc12.Cc1cncc2ccncc12.Cc1cncc2cnccc12.Cc1cncc2ncccc12. The molecule has 2 aromatic carbocycles. The van der Waals surface area contributed by atoms with Gasteiger partial charge < -0.3 is 0 Å². The number of pyridine rings is 12. The molecular weight excluding hydrogens is 1280 g/mol. The lowest BCUT2D eigenvalue weighted by atomic mass is 10.1. The second-order valence-electron chi connectivity index (χ2n) is 20.2. The molecule has 0 amide bonds. The summed E-state index contributed by atoms with van der Waals surface area (Å²) in [6.07, 6.45) is 41.3. The molecular formula is C88H112N16. The minimum absolute atomic E-state index is 0.826.